The molecule has 112 valence electrons. The van der Waals surface area contributed by atoms with Crippen molar-refractivity contribution in [2.45, 2.75) is 13.0 Å². The van der Waals surface area contributed by atoms with Gasteiger partial charge in [0.25, 0.3) is 5.95 Å². The maximum atomic E-state index is 4.57. The van der Waals surface area contributed by atoms with Crippen LogP contribution >= 0.6 is 0 Å². The van der Waals surface area contributed by atoms with Crippen LogP contribution in [0.15, 0.2) is 18.5 Å². The van der Waals surface area contributed by atoms with Gasteiger partial charge in [-0.2, -0.15) is 20.1 Å². The van der Waals surface area contributed by atoms with Gasteiger partial charge in [-0.15, -0.1) is 0 Å². The van der Waals surface area contributed by atoms with E-state index in [0.29, 0.717) is 23.9 Å². The standard InChI is InChI=1S/C13H20N8/c1-10-9-19(3)7-8-20(10)12-16-11(14-2)17-13(18-12)21-6-4-5-15-21/h4-6,10H,7-9H2,1-3H3,(H,14,16,17,18). The summed E-state index contributed by atoms with van der Waals surface area (Å²) in [6.45, 7) is 5.09. The molecule has 0 amide bonds. The van der Waals surface area contributed by atoms with E-state index in [1.165, 1.54) is 0 Å². The molecule has 0 aliphatic carbocycles. The minimum absolute atomic E-state index is 0.362. The molecule has 1 fully saturated rings. The zero-order chi connectivity index (χ0) is 14.8. The van der Waals surface area contributed by atoms with Gasteiger partial charge in [-0.25, -0.2) is 4.68 Å². The Balaban J connectivity index is 1.96. The Kier molecular flexibility index (Phi) is 3.70. The summed E-state index contributed by atoms with van der Waals surface area (Å²) in [5, 5.41) is 7.18. The van der Waals surface area contributed by atoms with E-state index >= 15 is 0 Å². The van der Waals surface area contributed by atoms with Gasteiger partial charge in [0, 0.05) is 45.1 Å². The second kappa shape index (κ2) is 5.65. The fourth-order valence-electron chi connectivity index (χ4n) is 2.52. The summed E-state index contributed by atoms with van der Waals surface area (Å²) < 4.78 is 1.65. The monoisotopic (exact) mass is 288 g/mol. The number of likely N-dealkylation sites (N-methyl/N-ethyl adjacent to an activating group) is 1. The van der Waals surface area contributed by atoms with Gasteiger partial charge in [-0.1, -0.05) is 0 Å². The van der Waals surface area contributed by atoms with Gasteiger partial charge in [0.1, 0.15) is 0 Å². The molecule has 0 spiro atoms. The predicted molar refractivity (Wildman–Crippen MR) is 80.8 cm³/mol. The smallest absolute Gasteiger partial charge is 0.257 e. The van der Waals surface area contributed by atoms with Crippen LogP contribution in [0.25, 0.3) is 5.95 Å². The van der Waals surface area contributed by atoms with Crippen molar-refractivity contribution in [1.82, 2.24) is 29.6 Å². The molecule has 1 unspecified atom stereocenters. The highest BCUT2D eigenvalue weighted by molar-refractivity contribution is 5.41. The second-order valence-electron chi connectivity index (χ2n) is 5.26. The fraction of sp³-hybridized carbons (Fsp3) is 0.538. The second-order valence-corrected chi connectivity index (χ2v) is 5.26. The van der Waals surface area contributed by atoms with Crippen molar-refractivity contribution < 1.29 is 0 Å². The van der Waals surface area contributed by atoms with E-state index in [0.717, 1.165) is 19.6 Å². The van der Waals surface area contributed by atoms with Crippen LogP contribution in [0.4, 0.5) is 11.9 Å². The van der Waals surface area contributed by atoms with E-state index in [9.17, 15) is 0 Å². The van der Waals surface area contributed by atoms with Gasteiger partial charge in [0.05, 0.1) is 0 Å². The molecule has 1 atom stereocenters. The molecule has 8 nitrogen and oxygen atoms in total. The molecule has 8 heteroatoms. The third-order valence-corrected chi connectivity index (χ3v) is 3.63. The highest BCUT2D eigenvalue weighted by Crippen LogP contribution is 2.18. The molecule has 0 saturated carbocycles. The molecule has 0 bridgehead atoms. The highest BCUT2D eigenvalue weighted by Gasteiger charge is 2.24. The maximum absolute atomic E-state index is 4.57. The summed E-state index contributed by atoms with van der Waals surface area (Å²) in [5.74, 6) is 1.78. The van der Waals surface area contributed by atoms with Gasteiger partial charge in [0.2, 0.25) is 11.9 Å². The topological polar surface area (TPSA) is 75.0 Å². The fourth-order valence-corrected chi connectivity index (χ4v) is 2.52. The molecule has 3 heterocycles. The third-order valence-electron chi connectivity index (χ3n) is 3.63. The van der Waals surface area contributed by atoms with Crippen LogP contribution in [-0.4, -0.2) is 69.4 Å². The van der Waals surface area contributed by atoms with E-state index in [1.807, 2.05) is 12.3 Å². The van der Waals surface area contributed by atoms with E-state index in [-0.39, 0.29) is 0 Å². The van der Waals surface area contributed by atoms with Crippen molar-refractivity contribution >= 4 is 11.9 Å². The molecule has 0 aromatic carbocycles. The highest BCUT2D eigenvalue weighted by atomic mass is 15.4. The third kappa shape index (κ3) is 2.80. The number of anilines is 2. The van der Waals surface area contributed by atoms with Crippen LogP contribution in [0.5, 0.6) is 0 Å². The van der Waals surface area contributed by atoms with Crippen molar-refractivity contribution in [3.63, 3.8) is 0 Å². The number of hydrogen-bond donors (Lipinski definition) is 1. The molecule has 2 aromatic heterocycles. The number of nitrogens with one attached hydrogen (secondary N) is 1. The first-order valence-corrected chi connectivity index (χ1v) is 7.06. The molecule has 0 radical (unpaired) electrons. The van der Waals surface area contributed by atoms with Crippen LogP contribution in [0, 0.1) is 0 Å². The molecule has 1 saturated heterocycles. The summed E-state index contributed by atoms with van der Waals surface area (Å²) in [5.41, 5.74) is 0. The number of piperazine rings is 1. The Morgan fingerprint density at radius 1 is 1.19 bits per heavy atom. The number of aromatic nitrogens is 5. The van der Waals surface area contributed by atoms with Crippen molar-refractivity contribution in [2.24, 2.45) is 0 Å². The first kappa shape index (κ1) is 13.7. The van der Waals surface area contributed by atoms with Crippen molar-refractivity contribution in [3.05, 3.63) is 18.5 Å². The summed E-state index contributed by atoms with van der Waals surface area (Å²) in [6.07, 6.45) is 3.53. The maximum Gasteiger partial charge on any atom is 0.257 e. The van der Waals surface area contributed by atoms with E-state index in [4.69, 9.17) is 0 Å². The number of nitrogens with zero attached hydrogens (tertiary/aromatic N) is 7. The lowest BCUT2D eigenvalue weighted by atomic mass is 10.2. The Bertz CT molecular complexity index is 596. The molecule has 3 rings (SSSR count). The molecule has 1 aliphatic heterocycles. The first-order valence-electron chi connectivity index (χ1n) is 7.06. The Labute approximate surface area is 123 Å². The van der Waals surface area contributed by atoms with Crippen LogP contribution in [0.2, 0.25) is 0 Å². The van der Waals surface area contributed by atoms with E-state index < -0.39 is 0 Å². The van der Waals surface area contributed by atoms with Crippen LogP contribution < -0.4 is 10.2 Å². The normalized spacial score (nSPS) is 19.8. The molecule has 21 heavy (non-hydrogen) atoms. The summed E-state index contributed by atoms with van der Waals surface area (Å²) in [7, 11) is 3.94. The Morgan fingerprint density at radius 2 is 2.00 bits per heavy atom. The minimum atomic E-state index is 0.362. The first-order chi connectivity index (χ1) is 10.2. The van der Waals surface area contributed by atoms with E-state index in [1.54, 1.807) is 17.9 Å². The quantitative estimate of drug-likeness (QED) is 0.867. The van der Waals surface area contributed by atoms with Crippen LogP contribution in [0.1, 0.15) is 6.92 Å². The zero-order valence-electron chi connectivity index (χ0n) is 12.6. The lowest BCUT2D eigenvalue weighted by Gasteiger charge is -2.38. The van der Waals surface area contributed by atoms with Gasteiger partial charge in [-0.05, 0) is 20.0 Å². The Morgan fingerprint density at radius 3 is 2.67 bits per heavy atom. The van der Waals surface area contributed by atoms with Gasteiger partial charge in [0.15, 0.2) is 0 Å². The zero-order valence-corrected chi connectivity index (χ0v) is 12.6. The number of rotatable bonds is 3. The summed E-state index contributed by atoms with van der Waals surface area (Å²) in [4.78, 5) is 18.0. The summed E-state index contributed by atoms with van der Waals surface area (Å²) in [6, 6.07) is 2.21. The molecular weight excluding hydrogens is 268 g/mol. The molecular formula is C13H20N8. The van der Waals surface area contributed by atoms with Crippen molar-refractivity contribution in [1.29, 1.82) is 0 Å². The lowest BCUT2D eigenvalue weighted by molar-refractivity contribution is 0.273. The average molecular weight is 288 g/mol. The van der Waals surface area contributed by atoms with Crippen molar-refractivity contribution in [3.8, 4) is 5.95 Å². The minimum Gasteiger partial charge on any atom is -0.357 e. The summed E-state index contributed by atoms with van der Waals surface area (Å²) >= 11 is 0. The Hall–Kier alpha value is -2.22. The predicted octanol–water partition coefficient (Wildman–Crippen LogP) is 0.239. The lowest BCUT2D eigenvalue weighted by Crippen LogP contribution is -2.51. The number of hydrogen-bond acceptors (Lipinski definition) is 7. The average Bonchev–Trinajstić information content (AvgIpc) is 3.01. The molecule has 2 aromatic rings. The molecule has 1 N–H and O–H groups in total. The van der Waals surface area contributed by atoms with E-state index in [2.05, 4.69) is 49.1 Å². The SMILES string of the molecule is CNc1nc(N2CCN(C)CC2C)nc(-n2cccn2)n1. The van der Waals surface area contributed by atoms with Gasteiger partial charge >= 0.3 is 0 Å². The largest absolute Gasteiger partial charge is 0.357 e. The van der Waals surface area contributed by atoms with Crippen LogP contribution in [-0.2, 0) is 0 Å². The molecule has 1 aliphatic rings. The van der Waals surface area contributed by atoms with Gasteiger partial charge in [-0.3, -0.25) is 0 Å². The van der Waals surface area contributed by atoms with Crippen LogP contribution in [0.3, 0.4) is 0 Å². The van der Waals surface area contributed by atoms with Gasteiger partial charge < -0.3 is 15.1 Å². The van der Waals surface area contributed by atoms with Crippen molar-refractivity contribution in [2.75, 3.05) is 43.9 Å².